The molecule has 1 saturated carbocycles. The molecule has 2 aromatic heterocycles. The van der Waals surface area contributed by atoms with Crippen LogP contribution in [-0.2, 0) is 5.75 Å². The van der Waals surface area contributed by atoms with E-state index in [1.54, 1.807) is 30.2 Å². The van der Waals surface area contributed by atoms with Crippen LogP contribution < -0.4 is 9.47 Å². The van der Waals surface area contributed by atoms with Crippen molar-refractivity contribution in [2.45, 2.75) is 36.7 Å². The van der Waals surface area contributed by atoms with Crippen LogP contribution in [0.3, 0.4) is 0 Å². The van der Waals surface area contributed by atoms with Gasteiger partial charge in [-0.05, 0) is 38.0 Å². The van der Waals surface area contributed by atoms with Crippen LogP contribution in [0.25, 0.3) is 10.6 Å². The summed E-state index contributed by atoms with van der Waals surface area (Å²) in [7, 11) is 1.66. The smallest absolute Gasteiger partial charge is 0.168 e. The number of aromatic nitrogens is 3. The van der Waals surface area contributed by atoms with E-state index in [9.17, 15) is 0 Å². The topological polar surface area (TPSA) is 49.2 Å². The number of nitrogens with zero attached hydrogens (tertiary/aromatic N) is 3. The molecule has 0 saturated heterocycles. The number of thioether (sulfide) groups is 1. The molecular formula is C19H21N3O2S2. The first-order chi connectivity index (χ1) is 12.8. The van der Waals surface area contributed by atoms with Crippen LogP contribution in [0.15, 0.2) is 41.1 Å². The maximum absolute atomic E-state index is 5.58. The minimum Gasteiger partial charge on any atom is -0.493 e. The average Bonchev–Trinajstić information content (AvgIpc) is 3.21. The fraction of sp³-hybridized carbons (Fsp3) is 0.368. The number of thiazole rings is 1. The van der Waals surface area contributed by atoms with Crippen molar-refractivity contribution in [3.63, 3.8) is 0 Å². The van der Waals surface area contributed by atoms with Crippen LogP contribution in [0.1, 0.15) is 31.5 Å². The van der Waals surface area contributed by atoms with Gasteiger partial charge in [0.2, 0.25) is 0 Å². The van der Waals surface area contributed by atoms with Crippen LogP contribution in [0, 0.1) is 0 Å². The van der Waals surface area contributed by atoms with E-state index in [1.165, 1.54) is 12.8 Å². The Bertz CT molecular complexity index is 887. The van der Waals surface area contributed by atoms with E-state index in [-0.39, 0.29) is 0 Å². The Kier molecular flexibility index (Phi) is 5.17. The molecule has 5 nitrogen and oxygen atoms in total. The number of imidazole rings is 1. The second kappa shape index (κ2) is 7.72. The van der Waals surface area contributed by atoms with Gasteiger partial charge in [0.1, 0.15) is 5.01 Å². The van der Waals surface area contributed by atoms with E-state index >= 15 is 0 Å². The molecule has 1 aliphatic carbocycles. The van der Waals surface area contributed by atoms with E-state index in [0.717, 1.165) is 38.7 Å². The molecule has 7 heteroatoms. The minimum absolute atomic E-state index is 0.616. The SMILES string of the molecule is CCOc1ccc(-c2nc(CSc3nccn3C3CC3)cs2)cc1OC. The van der Waals surface area contributed by atoms with Gasteiger partial charge in [-0.2, -0.15) is 0 Å². The van der Waals surface area contributed by atoms with Gasteiger partial charge in [-0.1, -0.05) is 11.8 Å². The number of hydrogen-bond acceptors (Lipinski definition) is 6. The summed E-state index contributed by atoms with van der Waals surface area (Å²) in [6.07, 6.45) is 6.51. The van der Waals surface area contributed by atoms with E-state index in [1.807, 2.05) is 31.3 Å². The highest BCUT2D eigenvalue weighted by molar-refractivity contribution is 7.98. The van der Waals surface area contributed by atoms with E-state index in [2.05, 4.69) is 21.1 Å². The third-order valence-electron chi connectivity index (χ3n) is 4.18. The first kappa shape index (κ1) is 17.4. The van der Waals surface area contributed by atoms with Gasteiger partial charge in [0.05, 0.1) is 19.4 Å². The zero-order valence-electron chi connectivity index (χ0n) is 14.8. The molecular weight excluding hydrogens is 366 g/mol. The summed E-state index contributed by atoms with van der Waals surface area (Å²) in [4.78, 5) is 9.26. The quantitative estimate of drug-likeness (QED) is 0.507. The Balaban J connectivity index is 1.46. The number of methoxy groups -OCH3 is 1. The molecule has 0 atom stereocenters. The van der Waals surface area contributed by atoms with Gasteiger partial charge in [-0.25, -0.2) is 9.97 Å². The first-order valence-electron chi connectivity index (χ1n) is 8.69. The third kappa shape index (κ3) is 3.73. The Morgan fingerprint density at radius 3 is 2.96 bits per heavy atom. The molecule has 0 amide bonds. The molecule has 2 heterocycles. The standard InChI is InChI=1S/C19H21N3O2S2/c1-3-24-16-7-4-13(10-17(16)23-2)18-21-14(11-25-18)12-26-19-20-8-9-22(19)15-5-6-15/h4,7-11,15H,3,5-6,12H2,1-2H3. The lowest BCUT2D eigenvalue weighted by atomic mass is 10.2. The molecule has 1 fully saturated rings. The van der Waals surface area contributed by atoms with Crippen molar-refractivity contribution in [1.29, 1.82) is 0 Å². The zero-order valence-corrected chi connectivity index (χ0v) is 16.5. The molecule has 0 N–H and O–H groups in total. The van der Waals surface area contributed by atoms with Crippen molar-refractivity contribution in [1.82, 2.24) is 14.5 Å². The zero-order chi connectivity index (χ0) is 17.9. The first-order valence-corrected chi connectivity index (χ1v) is 10.6. The molecule has 0 unspecified atom stereocenters. The lowest BCUT2D eigenvalue weighted by Gasteiger charge is -2.09. The summed E-state index contributed by atoms with van der Waals surface area (Å²) in [5.41, 5.74) is 2.12. The van der Waals surface area contributed by atoms with Gasteiger partial charge in [0.25, 0.3) is 0 Å². The van der Waals surface area contributed by atoms with Gasteiger partial charge in [0.15, 0.2) is 16.7 Å². The summed E-state index contributed by atoms with van der Waals surface area (Å²) in [5.74, 6) is 2.33. The fourth-order valence-corrected chi connectivity index (χ4v) is 4.60. The Labute approximate surface area is 161 Å². The molecule has 0 radical (unpaired) electrons. The van der Waals surface area contributed by atoms with Crippen molar-refractivity contribution >= 4 is 23.1 Å². The number of benzene rings is 1. The largest absolute Gasteiger partial charge is 0.493 e. The summed E-state index contributed by atoms with van der Waals surface area (Å²) in [5, 5.41) is 4.20. The Hall–Kier alpha value is -1.99. The summed E-state index contributed by atoms with van der Waals surface area (Å²) in [6, 6.07) is 6.62. The lowest BCUT2D eigenvalue weighted by Crippen LogP contribution is -1.95. The molecule has 0 aliphatic heterocycles. The highest BCUT2D eigenvalue weighted by Crippen LogP contribution is 2.38. The van der Waals surface area contributed by atoms with Crippen molar-refractivity contribution in [2.75, 3.05) is 13.7 Å². The normalized spacial score (nSPS) is 13.8. The number of hydrogen-bond donors (Lipinski definition) is 0. The summed E-state index contributed by atoms with van der Waals surface area (Å²) < 4.78 is 13.3. The second-order valence-electron chi connectivity index (χ2n) is 6.08. The van der Waals surface area contributed by atoms with Crippen LogP contribution in [0.2, 0.25) is 0 Å². The fourth-order valence-electron chi connectivity index (χ4n) is 2.76. The van der Waals surface area contributed by atoms with Crippen molar-refractivity contribution in [2.24, 2.45) is 0 Å². The predicted octanol–water partition coefficient (Wildman–Crippen LogP) is 5.04. The second-order valence-corrected chi connectivity index (χ2v) is 7.88. The van der Waals surface area contributed by atoms with Gasteiger partial charge in [-0.15, -0.1) is 11.3 Å². The molecule has 3 aromatic rings. The van der Waals surface area contributed by atoms with Gasteiger partial charge in [0, 0.05) is 35.1 Å². The molecule has 1 aliphatic rings. The lowest BCUT2D eigenvalue weighted by molar-refractivity contribution is 0.311. The summed E-state index contributed by atoms with van der Waals surface area (Å²) in [6.45, 7) is 2.58. The number of ether oxygens (including phenoxy) is 2. The third-order valence-corrected chi connectivity index (χ3v) is 6.14. The van der Waals surface area contributed by atoms with Crippen molar-refractivity contribution in [3.05, 3.63) is 41.7 Å². The van der Waals surface area contributed by atoms with Crippen LogP contribution >= 0.6 is 23.1 Å². The molecule has 26 heavy (non-hydrogen) atoms. The molecule has 1 aromatic carbocycles. The molecule has 0 bridgehead atoms. The molecule has 4 rings (SSSR count). The van der Waals surface area contributed by atoms with Crippen LogP contribution in [0.5, 0.6) is 11.5 Å². The van der Waals surface area contributed by atoms with Gasteiger partial charge in [-0.3, -0.25) is 0 Å². The highest BCUT2D eigenvalue weighted by Gasteiger charge is 2.25. The monoisotopic (exact) mass is 387 g/mol. The van der Waals surface area contributed by atoms with E-state index in [0.29, 0.717) is 12.6 Å². The predicted molar refractivity (Wildman–Crippen MR) is 105 cm³/mol. The molecule has 0 spiro atoms. The van der Waals surface area contributed by atoms with Gasteiger partial charge >= 0.3 is 0 Å². The van der Waals surface area contributed by atoms with Crippen molar-refractivity contribution < 1.29 is 9.47 Å². The Morgan fingerprint density at radius 2 is 2.19 bits per heavy atom. The van der Waals surface area contributed by atoms with E-state index in [4.69, 9.17) is 14.5 Å². The maximum atomic E-state index is 5.58. The minimum atomic E-state index is 0.616. The average molecular weight is 388 g/mol. The Morgan fingerprint density at radius 1 is 1.31 bits per heavy atom. The number of rotatable bonds is 8. The maximum Gasteiger partial charge on any atom is 0.168 e. The van der Waals surface area contributed by atoms with Gasteiger partial charge < -0.3 is 14.0 Å². The van der Waals surface area contributed by atoms with Crippen LogP contribution in [-0.4, -0.2) is 28.3 Å². The van der Waals surface area contributed by atoms with Crippen molar-refractivity contribution in [3.8, 4) is 22.1 Å². The summed E-state index contributed by atoms with van der Waals surface area (Å²) >= 11 is 3.40. The highest BCUT2D eigenvalue weighted by atomic mass is 32.2. The van der Waals surface area contributed by atoms with Crippen LogP contribution in [0.4, 0.5) is 0 Å². The molecule has 136 valence electrons. The van der Waals surface area contributed by atoms with E-state index < -0.39 is 0 Å².